The molecule has 7 rings (SSSR count). The summed E-state index contributed by atoms with van der Waals surface area (Å²) in [5.74, 6) is -4.47. The summed E-state index contributed by atoms with van der Waals surface area (Å²) in [5, 5.41) is 83.0. The summed E-state index contributed by atoms with van der Waals surface area (Å²) >= 11 is 0. The van der Waals surface area contributed by atoms with E-state index in [0.29, 0.717) is 25.7 Å². The highest BCUT2D eigenvalue weighted by Crippen LogP contribution is 2.75. The minimum absolute atomic E-state index is 0.0217. The van der Waals surface area contributed by atoms with Gasteiger partial charge in [0.1, 0.15) is 36.6 Å². The summed E-state index contributed by atoms with van der Waals surface area (Å²) in [6, 6.07) is 0. The van der Waals surface area contributed by atoms with Crippen molar-refractivity contribution in [1.82, 2.24) is 0 Å². The number of aliphatic hydroxyl groups is 5. The van der Waals surface area contributed by atoms with E-state index in [-0.39, 0.29) is 34.4 Å². The molecule has 0 amide bonds. The van der Waals surface area contributed by atoms with E-state index >= 15 is 0 Å². The zero-order chi connectivity index (χ0) is 42.9. The van der Waals surface area contributed by atoms with Gasteiger partial charge in [0, 0.05) is 5.92 Å². The van der Waals surface area contributed by atoms with Crippen LogP contribution < -0.4 is 0 Å². The Hall–Kier alpha value is -2.54. The van der Waals surface area contributed by atoms with Crippen molar-refractivity contribution >= 4 is 23.7 Å². The first-order valence-electron chi connectivity index (χ1n) is 20.7. The number of hydrogen-bond donors (Lipinski definition) is 8. The van der Waals surface area contributed by atoms with Crippen LogP contribution in [0.4, 0.5) is 0 Å². The zero-order valence-electron chi connectivity index (χ0n) is 34.4. The molecule has 326 valence electrons. The molecule has 0 aromatic carbocycles. The highest BCUT2D eigenvalue weighted by Gasteiger charge is 2.71. The largest absolute Gasteiger partial charge is 0.481 e. The maximum atomic E-state index is 14.8. The van der Waals surface area contributed by atoms with Gasteiger partial charge in [0.2, 0.25) is 0 Å². The van der Waals surface area contributed by atoms with Crippen molar-refractivity contribution in [3.8, 4) is 0 Å². The number of aliphatic carboxylic acids is 3. The smallest absolute Gasteiger partial charge is 0.335 e. The van der Waals surface area contributed by atoms with Crippen molar-refractivity contribution < 1.29 is 79.0 Å². The zero-order valence-corrected chi connectivity index (χ0v) is 34.4. The van der Waals surface area contributed by atoms with E-state index in [0.717, 1.165) is 37.7 Å². The van der Waals surface area contributed by atoms with Gasteiger partial charge in [-0.25, -0.2) is 9.59 Å². The van der Waals surface area contributed by atoms with Crippen LogP contribution in [-0.2, 0) is 38.1 Å². The predicted molar refractivity (Wildman–Crippen MR) is 199 cm³/mol. The quantitative estimate of drug-likeness (QED) is 0.171. The molecule has 8 N–H and O–H groups in total. The van der Waals surface area contributed by atoms with Gasteiger partial charge in [-0.3, -0.25) is 9.59 Å². The Morgan fingerprint density at radius 3 is 1.88 bits per heavy atom. The first-order valence-corrected chi connectivity index (χ1v) is 20.7. The van der Waals surface area contributed by atoms with Crippen LogP contribution in [0.3, 0.4) is 0 Å². The van der Waals surface area contributed by atoms with Gasteiger partial charge in [-0.15, -0.1) is 0 Å². The first kappa shape index (κ1) is 43.5. The number of carboxylic acid groups (broad SMARTS) is 3. The fourth-order valence-electron chi connectivity index (χ4n) is 13.4. The molecule has 0 aromatic rings. The predicted octanol–water partition coefficient (Wildman–Crippen LogP) is 2.25. The van der Waals surface area contributed by atoms with Crippen molar-refractivity contribution in [2.45, 2.75) is 174 Å². The number of carboxylic acids is 3. The van der Waals surface area contributed by atoms with Crippen molar-refractivity contribution in [3.63, 3.8) is 0 Å². The number of carbonyl (C=O) groups is 4. The molecular weight excluding hydrogens is 760 g/mol. The number of hydrogen-bond acceptors (Lipinski definition) is 13. The molecule has 7 aliphatic rings. The van der Waals surface area contributed by atoms with Gasteiger partial charge in [-0.1, -0.05) is 47.1 Å². The Balaban J connectivity index is 1.17. The van der Waals surface area contributed by atoms with Crippen LogP contribution in [-0.4, -0.2) is 132 Å². The third kappa shape index (κ3) is 6.25. The lowest BCUT2D eigenvalue weighted by Crippen LogP contribution is -2.68. The molecule has 4 saturated carbocycles. The maximum absolute atomic E-state index is 14.8. The molecule has 0 spiro atoms. The Bertz CT molecular complexity index is 1730. The van der Waals surface area contributed by atoms with E-state index < -0.39 is 107 Å². The first-order chi connectivity index (χ1) is 26.8. The summed E-state index contributed by atoms with van der Waals surface area (Å²) in [5.41, 5.74) is -1.81. The summed E-state index contributed by atoms with van der Waals surface area (Å²) in [4.78, 5) is 51.3. The Labute approximate surface area is 337 Å². The van der Waals surface area contributed by atoms with E-state index in [4.69, 9.17) is 18.9 Å². The molecule has 2 heterocycles. The highest BCUT2D eigenvalue weighted by molar-refractivity contribution is 5.95. The molecule has 5 aliphatic carbocycles. The summed E-state index contributed by atoms with van der Waals surface area (Å²) in [6.45, 7) is 14.8. The van der Waals surface area contributed by atoms with E-state index in [1.54, 1.807) is 0 Å². The van der Waals surface area contributed by atoms with Crippen LogP contribution in [0.1, 0.15) is 106 Å². The molecule has 0 bridgehead atoms. The average molecular weight is 823 g/mol. The van der Waals surface area contributed by atoms with Crippen molar-refractivity contribution in [1.29, 1.82) is 0 Å². The number of rotatable bonds is 7. The summed E-state index contributed by atoms with van der Waals surface area (Å²) in [6.07, 6.45) is -12.2. The van der Waals surface area contributed by atoms with Crippen LogP contribution in [0.2, 0.25) is 0 Å². The van der Waals surface area contributed by atoms with Crippen LogP contribution in [0.25, 0.3) is 0 Å². The van der Waals surface area contributed by atoms with Gasteiger partial charge in [0.25, 0.3) is 0 Å². The minimum atomic E-state index is -2.05. The number of ketones is 1. The highest BCUT2D eigenvalue weighted by atomic mass is 16.8. The lowest BCUT2D eigenvalue weighted by molar-refractivity contribution is -0.371. The SMILES string of the molecule is CC1(C)[C@@H](O[C@H]2O[C@H](C(=O)O)[C@@H](O)[C@H](O)[C@H]2O[C@@H]2O[C@H](C(=O)O)[C@@H](O)[C@H](O)[C@H]2O)CC[C@@]2(C)[C@@H]1CC[C@]1(C)[C@@H]2C(=O)C=C2[C@@H]3C[C@](C)(C(=O)O)CC[C@]3(C)CC[C@]21C. The molecule has 0 unspecified atom stereocenters. The van der Waals surface area contributed by atoms with Gasteiger partial charge in [0.15, 0.2) is 30.6 Å². The van der Waals surface area contributed by atoms with E-state index in [2.05, 4.69) is 27.7 Å². The number of carbonyl (C=O) groups excluding carboxylic acids is 1. The van der Waals surface area contributed by atoms with Crippen LogP contribution >= 0.6 is 0 Å². The van der Waals surface area contributed by atoms with Gasteiger partial charge in [-0.05, 0) is 110 Å². The van der Waals surface area contributed by atoms with Crippen molar-refractivity contribution in [2.75, 3.05) is 0 Å². The fourth-order valence-corrected chi connectivity index (χ4v) is 13.4. The van der Waals surface area contributed by atoms with Gasteiger partial charge in [-0.2, -0.15) is 0 Å². The third-order valence-corrected chi connectivity index (χ3v) is 17.2. The average Bonchev–Trinajstić information content (AvgIpc) is 3.13. The van der Waals surface area contributed by atoms with Crippen LogP contribution in [0.5, 0.6) is 0 Å². The Morgan fingerprint density at radius 2 is 1.28 bits per heavy atom. The summed E-state index contributed by atoms with van der Waals surface area (Å²) in [7, 11) is 0. The molecule has 2 aliphatic heterocycles. The lowest BCUT2D eigenvalue weighted by Gasteiger charge is -2.70. The molecule has 2 saturated heterocycles. The molecular formula is C42H62O16. The topological polar surface area (TPSA) is 267 Å². The lowest BCUT2D eigenvalue weighted by atomic mass is 9.33. The Kier molecular flexibility index (Phi) is 10.7. The maximum Gasteiger partial charge on any atom is 0.335 e. The Morgan fingerprint density at radius 1 is 0.690 bits per heavy atom. The van der Waals surface area contributed by atoms with Crippen molar-refractivity contribution in [3.05, 3.63) is 11.6 Å². The van der Waals surface area contributed by atoms with E-state index in [1.165, 1.54) is 0 Å². The molecule has 16 heteroatoms. The van der Waals surface area contributed by atoms with E-state index in [9.17, 15) is 60.0 Å². The monoisotopic (exact) mass is 822 g/mol. The second-order valence-electron chi connectivity index (χ2n) is 20.6. The third-order valence-electron chi connectivity index (χ3n) is 17.2. The normalized spacial score (nSPS) is 52.6. The van der Waals surface area contributed by atoms with Gasteiger partial charge >= 0.3 is 17.9 Å². The number of allylic oxidation sites excluding steroid dienone is 2. The second kappa shape index (κ2) is 14.3. The molecule has 0 radical (unpaired) electrons. The van der Waals surface area contributed by atoms with Crippen molar-refractivity contribution in [2.24, 2.45) is 50.2 Å². The second-order valence-corrected chi connectivity index (χ2v) is 20.6. The van der Waals surface area contributed by atoms with Crippen LogP contribution in [0, 0.1) is 50.2 Å². The number of aliphatic hydroxyl groups excluding tert-OH is 5. The minimum Gasteiger partial charge on any atom is -0.481 e. The molecule has 58 heavy (non-hydrogen) atoms. The van der Waals surface area contributed by atoms with Crippen LogP contribution in [0.15, 0.2) is 11.6 Å². The molecule has 6 fully saturated rings. The molecule has 0 aromatic heterocycles. The van der Waals surface area contributed by atoms with E-state index in [1.807, 2.05) is 26.8 Å². The van der Waals surface area contributed by atoms with Gasteiger partial charge in [0.05, 0.1) is 11.5 Å². The fraction of sp³-hybridized carbons (Fsp3) is 0.857. The standard InChI is InChI=1S/C42H62O16/c1-37(2)21-8-11-42(7)31(20(43)16-18-19-17-39(4,36(53)54)13-12-38(19,3)14-15-41(18,42)6)40(21,5)10-9-22(37)55-35-30(26(47)25(46)29(57-35)33(51)52)58-34-27(48)23(44)24(45)28(56-34)32(49)50/h16,19,21-31,34-35,44-48H,8-15,17H2,1-7H3,(H,49,50)(H,51,52)(H,53,54)/t19-,21+,22-,23-,24-,25-,26-,27+,28-,29-,30+,31+,34-,35-,38+,39+,40-,41+,42+/m0/s1. The van der Waals surface area contributed by atoms with Gasteiger partial charge < -0.3 is 59.8 Å². The molecule has 19 atom stereocenters. The number of ether oxygens (including phenoxy) is 4. The number of fused-ring (bicyclic) bond motifs is 7. The molecule has 16 nitrogen and oxygen atoms in total. The summed E-state index contributed by atoms with van der Waals surface area (Å²) < 4.78 is 23.4.